The maximum absolute atomic E-state index is 13.1. The minimum Gasteiger partial charge on any atom is -0.296 e. The highest BCUT2D eigenvalue weighted by Gasteiger charge is 2.32. The van der Waals surface area contributed by atoms with Crippen LogP contribution in [0.3, 0.4) is 0 Å². The lowest BCUT2D eigenvalue weighted by atomic mass is 9.83. The number of aryl methyl sites for hydroxylation is 2. The predicted octanol–water partition coefficient (Wildman–Crippen LogP) is 3.59. The van der Waals surface area contributed by atoms with Crippen molar-refractivity contribution in [3.63, 3.8) is 0 Å². The van der Waals surface area contributed by atoms with Gasteiger partial charge in [0.25, 0.3) is 0 Å². The third kappa shape index (κ3) is 2.47. The van der Waals surface area contributed by atoms with E-state index in [2.05, 4.69) is 4.98 Å². The van der Waals surface area contributed by atoms with E-state index in [0.717, 1.165) is 43.2 Å². The third-order valence-electron chi connectivity index (χ3n) is 5.79. The van der Waals surface area contributed by atoms with E-state index in [1.807, 2.05) is 28.8 Å². The minimum atomic E-state index is -0.0310. The van der Waals surface area contributed by atoms with Gasteiger partial charge in [0.05, 0.1) is 0 Å². The molecule has 2 aliphatic carbocycles. The van der Waals surface area contributed by atoms with Crippen molar-refractivity contribution >= 4 is 17.1 Å². The van der Waals surface area contributed by atoms with Gasteiger partial charge in [0.2, 0.25) is 11.5 Å². The molecule has 0 unspecified atom stereocenters. The number of fused-ring (bicyclic) bond motifs is 6. The molecule has 5 heteroatoms. The Hall–Kier alpha value is -2.20. The maximum Gasteiger partial charge on any atom is 0.325 e. The number of nitrogens with zero attached hydrogens (tertiary/aromatic N) is 2. The lowest BCUT2D eigenvalue weighted by molar-refractivity contribution is -0.591. The molecule has 0 saturated carbocycles. The molecule has 1 aromatic carbocycles. The molecule has 0 atom stereocenters. The molecule has 2 aromatic heterocycles. The molecule has 0 fully saturated rings. The van der Waals surface area contributed by atoms with Crippen molar-refractivity contribution in [1.29, 1.82) is 0 Å². The van der Waals surface area contributed by atoms with Crippen LogP contribution in [0.5, 0.6) is 0 Å². The Balaban J connectivity index is 1.83. The summed E-state index contributed by atoms with van der Waals surface area (Å²) < 4.78 is 1.96. The fraction of sp³-hybridized carbons (Fsp3) is 0.381. The van der Waals surface area contributed by atoms with Crippen LogP contribution < -0.4 is 10.1 Å². The van der Waals surface area contributed by atoms with Crippen molar-refractivity contribution in [2.24, 2.45) is 0 Å². The van der Waals surface area contributed by atoms with Gasteiger partial charge >= 0.3 is 11.1 Å². The third-order valence-corrected chi connectivity index (χ3v) is 6.04. The second kappa shape index (κ2) is 6.20. The Labute approximate surface area is 156 Å². The number of halogens is 1. The summed E-state index contributed by atoms with van der Waals surface area (Å²) in [6.45, 7) is 0. The van der Waals surface area contributed by atoms with E-state index in [4.69, 9.17) is 16.7 Å². The van der Waals surface area contributed by atoms with E-state index < -0.39 is 0 Å². The SMILES string of the molecule is O=c1[nH]c(-c2ccc(Cl)cc2)n[n+]2c3c(c4c(c12)CCCC4)CCCC3. The number of rotatable bonds is 1. The van der Waals surface area contributed by atoms with Gasteiger partial charge in [-0.1, -0.05) is 11.6 Å². The Morgan fingerprint density at radius 2 is 1.54 bits per heavy atom. The summed E-state index contributed by atoms with van der Waals surface area (Å²) in [6.07, 6.45) is 8.98. The summed E-state index contributed by atoms with van der Waals surface area (Å²) in [4.78, 5) is 16.1. The quantitative estimate of drug-likeness (QED) is 0.669. The fourth-order valence-electron chi connectivity index (χ4n) is 4.58. The number of pyridine rings is 1. The first kappa shape index (κ1) is 16.0. The number of H-pyrrole nitrogens is 1. The fourth-order valence-corrected chi connectivity index (χ4v) is 4.71. The van der Waals surface area contributed by atoms with Crippen LogP contribution >= 0.6 is 11.6 Å². The van der Waals surface area contributed by atoms with E-state index in [1.165, 1.54) is 41.6 Å². The van der Waals surface area contributed by atoms with Crippen LogP contribution in [-0.4, -0.2) is 10.1 Å². The standard InChI is InChI=1S/C21H20ClN3O/c22-14-11-9-13(10-12-14)20-23-21(26)19-17-7-2-1-5-15(17)16-6-3-4-8-18(16)25(19)24-20/h9-12H,1-8H2/p+1. The second-order valence-electron chi connectivity index (χ2n) is 7.37. The lowest BCUT2D eigenvalue weighted by Crippen LogP contribution is -2.43. The average molecular weight is 367 g/mol. The van der Waals surface area contributed by atoms with Crippen LogP contribution in [0.4, 0.5) is 0 Å². The molecule has 0 radical (unpaired) electrons. The van der Waals surface area contributed by atoms with Crippen molar-refractivity contribution in [2.75, 3.05) is 0 Å². The molecule has 0 saturated heterocycles. The van der Waals surface area contributed by atoms with E-state index in [1.54, 1.807) is 0 Å². The molecule has 2 aliphatic rings. The first-order chi connectivity index (χ1) is 12.7. The van der Waals surface area contributed by atoms with Gasteiger partial charge in [-0.25, -0.2) is 0 Å². The lowest BCUT2D eigenvalue weighted by Gasteiger charge is -2.22. The molecule has 5 rings (SSSR count). The number of aromatic amines is 1. The van der Waals surface area contributed by atoms with Crippen molar-refractivity contribution in [3.8, 4) is 11.4 Å². The molecule has 26 heavy (non-hydrogen) atoms. The van der Waals surface area contributed by atoms with Crippen LogP contribution in [0.25, 0.3) is 16.9 Å². The molecular formula is C21H21ClN3O+. The Kier molecular flexibility index (Phi) is 3.82. The highest BCUT2D eigenvalue weighted by molar-refractivity contribution is 6.30. The molecule has 0 bridgehead atoms. The van der Waals surface area contributed by atoms with Gasteiger partial charge in [0.15, 0.2) is 0 Å². The number of nitrogens with one attached hydrogen (secondary N) is 1. The van der Waals surface area contributed by atoms with E-state index in [-0.39, 0.29) is 5.56 Å². The van der Waals surface area contributed by atoms with E-state index >= 15 is 0 Å². The van der Waals surface area contributed by atoms with Crippen molar-refractivity contribution < 1.29 is 4.52 Å². The Morgan fingerprint density at radius 1 is 0.885 bits per heavy atom. The van der Waals surface area contributed by atoms with Gasteiger partial charge in [-0.05, 0) is 79.3 Å². The second-order valence-corrected chi connectivity index (χ2v) is 7.80. The van der Waals surface area contributed by atoms with Crippen molar-refractivity contribution in [2.45, 2.75) is 51.4 Å². The zero-order valence-electron chi connectivity index (χ0n) is 14.6. The molecule has 2 heterocycles. The van der Waals surface area contributed by atoms with Crippen molar-refractivity contribution in [3.05, 3.63) is 62.0 Å². The van der Waals surface area contributed by atoms with Gasteiger partial charge in [-0.2, -0.15) is 0 Å². The topological polar surface area (TPSA) is 49.9 Å². The molecule has 1 N–H and O–H groups in total. The van der Waals surface area contributed by atoms with Crippen LogP contribution in [0.1, 0.15) is 48.1 Å². The average Bonchev–Trinajstić information content (AvgIpc) is 2.68. The first-order valence-electron chi connectivity index (χ1n) is 9.50. The molecule has 0 spiro atoms. The maximum atomic E-state index is 13.1. The van der Waals surface area contributed by atoms with Gasteiger partial charge in [-0.15, -0.1) is 0 Å². The summed E-state index contributed by atoms with van der Waals surface area (Å²) in [6, 6.07) is 7.46. The smallest absolute Gasteiger partial charge is 0.296 e. The minimum absolute atomic E-state index is 0.0310. The van der Waals surface area contributed by atoms with Crippen LogP contribution in [-0.2, 0) is 25.7 Å². The molecule has 132 valence electrons. The van der Waals surface area contributed by atoms with Gasteiger partial charge < -0.3 is 0 Å². The predicted molar refractivity (Wildman–Crippen MR) is 102 cm³/mol. The summed E-state index contributed by atoms with van der Waals surface area (Å²) in [7, 11) is 0. The molecule has 0 amide bonds. The summed E-state index contributed by atoms with van der Waals surface area (Å²) in [5.41, 5.74) is 6.99. The highest BCUT2D eigenvalue weighted by Crippen LogP contribution is 2.31. The zero-order valence-corrected chi connectivity index (χ0v) is 15.4. The van der Waals surface area contributed by atoms with Gasteiger partial charge in [0, 0.05) is 33.2 Å². The Morgan fingerprint density at radius 3 is 2.31 bits per heavy atom. The number of hydrogen-bond donors (Lipinski definition) is 1. The van der Waals surface area contributed by atoms with E-state index in [9.17, 15) is 4.79 Å². The molecular weight excluding hydrogens is 346 g/mol. The summed E-state index contributed by atoms with van der Waals surface area (Å²) in [5.74, 6) is 0.604. The monoisotopic (exact) mass is 366 g/mol. The number of benzene rings is 1. The largest absolute Gasteiger partial charge is 0.325 e. The van der Waals surface area contributed by atoms with Crippen LogP contribution in [0.2, 0.25) is 5.02 Å². The molecule has 4 nitrogen and oxygen atoms in total. The zero-order chi connectivity index (χ0) is 17.7. The first-order valence-corrected chi connectivity index (χ1v) is 9.88. The highest BCUT2D eigenvalue weighted by atomic mass is 35.5. The van der Waals surface area contributed by atoms with Crippen LogP contribution in [0, 0.1) is 0 Å². The summed E-state index contributed by atoms with van der Waals surface area (Å²) in [5, 5.41) is 5.55. The van der Waals surface area contributed by atoms with E-state index in [0.29, 0.717) is 10.8 Å². The number of aromatic nitrogens is 3. The normalized spacial score (nSPS) is 16.3. The molecule has 0 aliphatic heterocycles. The van der Waals surface area contributed by atoms with Crippen LogP contribution in [0.15, 0.2) is 29.1 Å². The number of hydrogen-bond acceptors (Lipinski definition) is 2. The molecule has 3 aromatic rings. The van der Waals surface area contributed by atoms with Crippen molar-refractivity contribution in [1.82, 2.24) is 10.1 Å². The Bertz CT molecular complexity index is 1070. The van der Waals surface area contributed by atoms with Gasteiger partial charge in [-0.3, -0.25) is 9.78 Å². The summed E-state index contributed by atoms with van der Waals surface area (Å²) >= 11 is 6.00. The van der Waals surface area contributed by atoms with Gasteiger partial charge in [0.1, 0.15) is 0 Å².